The molecule has 2 aromatic rings. The Morgan fingerprint density at radius 3 is 2.82 bits per heavy atom. The predicted molar refractivity (Wildman–Crippen MR) is 63.7 cm³/mol. The molecule has 0 aliphatic carbocycles. The minimum atomic E-state index is 0.0573. The highest BCUT2D eigenvalue weighted by Crippen LogP contribution is 2.23. The molecule has 0 unspecified atom stereocenters. The summed E-state index contributed by atoms with van der Waals surface area (Å²) in [7, 11) is 1.59. The summed E-state index contributed by atoms with van der Waals surface area (Å²) in [5.74, 6) is 0.718. The van der Waals surface area contributed by atoms with Gasteiger partial charge in [0.05, 0.1) is 12.8 Å². The van der Waals surface area contributed by atoms with E-state index in [0.717, 1.165) is 11.3 Å². The first-order valence-electron chi connectivity index (χ1n) is 4.82. The molecule has 17 heavy (non-hydrogen) atoms. The molecule has 1 heterocycles. The number of aromatic nitrogens is 2. The molecule has 0 aliphatic heterocycles. The van der Waals surface area contributed by atoms with E-state index in [2.05, 4.69) is 9.97 Å². The maximum atomic E-state index is 8.81. The molecule has 0 saturated heterocycles. The topological polar surface area (TPSA) is 58.8 Å². The van der Waals surface area contributed by atoms with E-state index in [9.17, 15) is 0 Å². The summed E-state index contributed by atoms with van der Waals surface area (Å²) in [6, 6.07) is 10.9. The van der Waals surface area contributed by atoms with Crippen molar-refractivity contribution in [3.8, 4) is 23.1 Å². The third kappa shape index (κ3) is 2.52. The van der Waals surface area contributed by atoms with Crippen molar-refractivity contribution in [2.24, 2.45) is 0 Å². The molecule has 5 heteroatoms. The van der Waals surface area contributed by atoms with Gasteiger partial charge in [0, 0.05) is 11.6 Å². The second kappa shape index (κ2) is 4.81. The van der Waals surface area contributed by atoms with Crippen molar-refractivity contribution < 1.29 is 4.74 Å². The molecule has 1 aromatic heterocycles. The van der Waals surface area contributed by atoms with Crippen molar-refractivity contribution in [1.82, 2.24) is 9.97 Å². The fourth-order valence-corrected chi connectivity index (χ4v) is 1.59. The third-order valence-electron chi connectivity index (χ3n) is 2.18. The van der Waals surface area contributed by atoms with E-state index in [1.807, 2.05) is 30.3 Å². The number of halogens is 1. The van der Waals surface area contributed by atoms with Crippen LogP contribution in [0.15, 0.2) is 30.3 Å². The van der Waals surface area contributed by atoms with Crippen LogP contribution in [0.25, 0.3) is 11.3 Å². The lowest BCUT2D eigenvalue weighted by molar-refractivity contribution is 0.415. The van der Waals surface area contributed by atoms with E-state index in [0.29, 0.717) is 5.69 Å². The largest absolute Gasteiger partial charge is 0.497 e. The van der Waals surface area contributed by atoms with Crippen molar-refractivity contribution in [2.45, 2.75) is 0 Å². The Morgan fingerprint density at radius 1 is 1.29 bits per heavy atom. The van der Waals surface area contributed by atoms with Crippen LogP contribution in [0.2, 0.25) is 5.28 Å². The molecule has 0 aliphatic rings. The minimum Gasteiger partial charge on any atom is -0.497 e. The third-order valence-corrected chi connectivity index (χ3v) is 2.35. The van der Waals surface area contributed by atoms with Gasteiger partial charge in [0.25, 0.3) is 0 Å². The summed E-state index contributed by atoms with van der Waals surface area (Å²) in [5.41, 5.74) is 1.66. The van der Waals surface area contributed by atoms with Crippen molar-refractivity contribution >= 4 is 11.6 Å². The van der Waals surface area contributed by atoms with Gasteiger partial charge < -0.3 is 4.74 Å². The highest BCUT2D eigenvalue weighted by molar-refractivity contribution is 6.28. The van der Waals surface area contributed by atoms with Crippen molar-refractivity contribution in [2.75, 3.05) is 7.11 Å². The number of nitriles is 1. The van der Waals surface area contributed by atoms with Crippen molar-refractivity contribution in [3.63, 3.8) is 0 Å². The van der Waals surface area contributed by atoms with E-state index in [1.165, 1.54) is 0 Å². The number of nitrogens with zero attached hydrogens (tertiary/aromatic N) is 3. The van der Waals surface area contributed by atoms with E-state index >= 15 is 0 Å². The van der Waals surface area contributed by atoms with Gasteiger partial charge in [-0.15, -0.1) is 0 Å². The molecule has 0 radical (unpaired) electrons. The first-order chi connectivity index (χ1) is 8.22. The number of benzene rings is 1. The Balaban J connectivity index is 2.52. The van der Waals surface area contributed by atoms with Gasteiger partial charge in [0.15, 0.2) is 0 Å². The molecular weight excluding hydrogens is 238 g/mol. The zero-order valence-corrected chi connectivity index (χ0v) is 9.77. The Kier molecular flexibility index (Phi) is 3.22. The first kappa shape index (κ1) is 11.4. The Hall–Kier alpha value is -2.12. The van der Waals surface area contributed by atoms with Crippen LogP contribution in [0.4, 0.5) is 0 Å². The number of rotatable bonds is 2. The predicted octanol–water partition coefficient (Wildman–Crippen LogP) is 2.68. The van der Waals surface area contributed by atoms with Gasteiger partial charge >= 0.3 is 0 Å². The van der Waals surface area contributed by atoms with Crippen LogP contribution < -0.4 is 4.74 Å². The van der Waals surface area contributed by atoms with Gasteiger partial charge in [-0.1, -0.05) is 12.1 Å². The standard InChI is InChI=1S/C12H8ClN3O/c1-17-10-4-2-3-8(5-10)11-6-9(7-14)15-12(13)16-11/h2-6H,1H3. The zero-order valence-electron chi connectivity index (χ0n) is 9.01. The first-order valence-corrected chi connectivity index (χ1v) is 5.20. The van der Waals surface area contributed by atoms with Crippen LogP contribution in [0.3, 0.4) is 0 Å². The van der Waals surface area contributed by atoms with Gasteiger partial charge in [-0.2, -0.15) is 5.26 Å². The van der Waals surface area contributed by atoms with E-state index in [1.54, 1.807) is 13.2 Å². The summed E-state index contributed by atoms with van der Waals surface area (Å²) in [6.07, 6.45) is 0. The molecule has 0 bridgehead atoms. The number of hydrogen-bond donors (Lipinski definition) is 0. The molecule has 0 fully saturated rings. The average molecular weight is 246 g/mol. The summed E-state index contributed by atoms with van der Waals surface area (Å²) in [6.45, 7) is 0. The fourth-order valence-electron chi connectivity index (χ4n) is 1.41. The quantitative estimate of drug-likeness (QED) is 0.764. The summed E-state index contributed by atoms with van der Waals surface area (Å²) < 4.78 is 5.12. The van der Waals surface area contributed by atoms with Crippen molar-refractivity contribution in [1.29, 1.82) is 5.26 Å². The maximum Gasteiger partial charge on any atom is 0.224 e. The lowest BCUT2D eigenvalue weighted by atomic mass is 10.1. The highest BCUT2D eigenvalue weighted by atomic mass is 35.5. The summed E-state index contributed by atoms with van der Waals surface area (Å²) >= 11 is 5.75. The van der Waals surface area contributed by atoms with Gasteiger partial charge in [0.2, 0.25) is 5.28 Å². The number of ether oxygens (including phenoxy) is 1. The van der Waals surface area contributed by atoms with E-state index in [-0.39, 0.29) is 11.0 Å². The normalized spacial score (nSPS) is 9.71. The monoisotopic (exact) mass is 245 g/mol. The SMILES string of the molecule is COc1cccc(-c2cc(C#N)nc(Cl)n2)c1. The van der Waals surface area contributed by atoms with Crippen molar-refractivity contribution in [3.05, 3.63) is 41.3 Å². The molecule has 4 nitrogen and oxygen atoms in total. The van der Waals surface area contributed by atoms with Crippen LogP contribution >= 0.6 is 11.6 Å². The molecular formula is C12H8ClN3O. The van der Waals surface area contributed by atoms with Crippen LogP contribution in [0.1, 0.15) is 5.69 Å². The maximum absolute atomic E-state index is 8.81. The smallest absolute Gasteiger partial charge is 0.224 e. The Bertz CT molecular complexity index is 593. The fraction of sp³-hybridized carbons (Fsp3) is 0.0833. The number of hydrogen-bond acceptors (Lipinski definition) is 4. The Morgan fingerprint density at radius 2 is 2.12 bits per heavy atom. The van der Waals surface area contributed by atoms with Crippen LogP contribution in [-0.4, -0.2) is 17.1 Å². The van der Waals surface area contributed by atoms with Crippen LogP contribution in [-0.2, 0) is 0 Å². The van der Waals surface area contributed by atoms with Crippen LogP contribution in [0, 0.1) is 11.3 Å². The average Bonchev–Trinajstić information content (AvgIpc) is 2.38. The second-order valence-corrected chi connectivity index (χ2v) is 3.59. The summed E-state index contributed by atoms with van der Waals surface area (Å²) in [5, 5.41) is 8.87. The lowest BCUT2D eigenvalue weighted by Crippen LogP contribution is -1.92. The van der Waals surface area contributed by atoms with Gasteiger partial charge in [-0.25, -0.2) is 9.97 Å². The second-order valence-electron chi connectivity index (χ2n) is 3.25. The molecule has 1 aromatic carbocycles. The van der Waals surface area contributed by atoms with E-state index in [4.69, 9.17) is 21.6 Å². The summed E-state index contributed by atoms with van der Waals surface area (Å²) in [4.78, 5) is 7.86. The molecule has 0 N–H and O–H groups in total. The van der Waals surface area contributed by atoms with Gasteiger partial charge in [-0.05, 0) is 23.7 Å². The van der Waals surface area contributed by atoms with Gasteiger partial charge in [0.1, 0.15) is 17.5 Å². The highest BCUT2D eigenvalue weighted by Gasteiger charge is 2.05. The molecule has 2 rings (SSSR count). The van der Waals surface area contributed by atoms with E-state index < -0.39 is 0 Å². The van der Waals surface area contributed by atoms with Crippen LogP contribution in [0.5, 0.6) is 5.75 Å². The zero-order chi connectivity index (χ0) is 12.3. The molecule has 0 amide bonds. The lowest BCUT2D eigenvalue weighted by Gasteiger charge is -2.04. The molecule has 0 spiro atoms. The minimum absolute atomic E-state index is 0.0573. The molecule has 0 saturated carbocycles. The molecule has 0 atom stereocenters. The van der Waals surface area contributed by atoms with Gasteiger partial charge in [-0.3, -0.25) is 0 Å². The Labute approximate surface area is 103 Å². The molecule has 84 valence electrons. The number of methoxy groups -OCH3 is 1.